The van der Waals surface area contributed by atoms with Gasteiger partial charge in [-0.15, -0.1) is 0 Å². The van der Waals surface area contributed by atoms with E-state index in [9.17, 15) is 13.2 Å². The molecule has 0 aromatic heterocycles. The molecule has 0 fully saturated rings. The van der Waals surface area contributed by atoms with Gasteiger partial charge in [0, 0.05) is 26.7 Å². The maximum atomic E-state index is 12.5. The van der Waals surface area contributed by atoms with Gasteiger partial charge in [0.2, 0.25) is 0 Å². The van der Waals surface area contributed by atoms with Gasteiger partial charge in [-0.3, -0.25) is 9.10 Å². The second-order valence-corrected chi connectivity index (χ2v) is 8.45. The Hall–Kier alpha value is -2.58. The molecule has 7 nitrogen and oxygen atoms in total. The van der Waals surface area contributed by atoms with E-state index in [-0.39, 0.29) is 11.9 Å². The molecule has 0 bridgehead atoms. The number of rotatable bonds is 7. The second kappa shape index (κ2) is 8.41. The summed E-state index contributed by atoms with van der Waals surface area (Å²) in [5, 5.41) is 2.93. The maximum absolute atomic E-state index is 12.5. The summed E-state index contributed by atoms with van der Waals surface area (Å²) in [6.07, 6.45) is 0. The fraction of sp³-hybridized carbons (Fsp3) is 0.316. The van der Waals surface area contributed by atoms with Crippen LogP contribution in [0.1, 0.15) is 28.9 Å². The maximum Gasteiger partial charge on any atom is 0.303 e. The molecule has 0 spiro atoms. The number of ether oxygens (including phenoxy) is 1. The Morgan fingerprint density at radius 1 is 1.00 bits per heavy atom. The average Bonchev–Trinajstić information content (AvgIpc) is 2.67. The zero-order valence-electron chi connectivity index (χ0n) is 16.1. The number of benzene rings is 2. The molecule has 146 valence electrons. The molecular formula is C19H25N3O4S. The lowest BCUT2D eigenvalue weighted by molar-refractivity contribution is 0.0940. The molecule has 2 aromatic carbocycles. The average molecular weight is 391 g/mol. The van der Waals surface area contributed by atoms with Crippen LogP contribution in [-0.4, -0.2) is 46.9 Å². The molecule has 0 heterocycles. The Morgan fingerprint density at radius 3 is 2.04 bits per heavy atom. The molecule has 0 saturated heterocycles. The molecule has 2 rings (SSSR count). The van der Waals surface area contributed by atoms with E-state index in [0.29, 0.717) is 11.3 Å². The van der Waals surface area contributed by atoms with Crippen molar-refractivity contribution in [2.24, 2.45) is 0 Å². The van der Waals surface area contributed by atoms with Crippen molar-refractivity contribution < 1.29 is 17.9 Å². The van der Waals surface area contributed by atoms with Crippen molar-refractivity contribution in [3.8, 4) is 5.75 Å². The minimum atomic E-state index is -3.57. The van der Waals surface area contributed by atoms with Gasteiger partial charge in [-0.05, 0) is 48.9 Å². The predicted molar refractivity (Wildman–Crippen MR) is 106 cm³/mol. The number of anilines is 1. The minimum Gasteiger partial charge on any atom is -0.497 e. The zero-order valence-corrected chi connectivity index (χ0v) is 16.9. The van der Waals surface area contributed by atoms with Crippen LogP contribution in [0.2, 0.25) is 0 Å². The van der Waals surface area contributed by atoms with Crippen LogP contribution in [0, 0.1) is 0 Å². The molecule has 2 aromatic rings. The first-order valence-corrected chi connectivity index (χ1v) is 9.77. The summed E-state index contributed by atoms with van der Waals surface area (Å²) >= 11 is 0. The predicted octanol–water partition coefficient (Wildman–Crippen LogP) is 2.43. The molecule has 0 radical (unpaired) electrons. The molecule has 0 aliphatic rings. The van der Waals surface area contributed by atoms with Crippen LogP contribution in [0.5, 0.6) is 5.75 Å². The van der Waals surface area contributed by atoms with E-state index in [0.717, 1.165) is 19.9 Å². The standard InChI is InChI=1S/C19H25N3O4S/c1-14(15-8-12-18(26-5)13-9-15)20-19(23)16-6-10-17(11-7-16)22(4)27(24,25)21(2)3/h6-14H,1-5H3,(H,20,23)/t14-/m0/s1. The highest BCUT2D eigenvalue weighted by Gasteiger charge is 2.21. The van der Waals surface area contributed by atoms with Crippen LogP contribution in [-0.2, 0) is 10.2 Å². The summed E-state index contributed by atoms with van der Waals surface area (Å²) in [6, 6.07) is 13.7. The van der Waals surface area contributed by atoms with Crippen molar-refractivity contribution in [2.45, 2.75) is 13.0 Å². The number of nitrogens with zero attached hydrogens (tertiary/aromatic N) is 2. The zero-order chi connectivity index (χ0) is 20.2. The fourth-order valence-corrected chi connectivity index (χ4v) is 3.33. The lowest BCUT2D eigenvalue weighted by Crippen LogP contribution is -2.37. The number of amides is 1. The first-order chi connectivity index (χ1) is 12.7. The molecular weight excluding hydrogens is 366 g/mol. The van der Waals surface area contributed by atoms with E-state index < -0.39 is 10.2 Å². The van der Waals surface area contributed by atoms with Gasteiger partial charge in [-0.25, -0.2) is 0 Å². The number of methoxy groups -OCH3 is 1. The van der Waals surface area contributed by atoms with Crippen molar-refractivity contribution in [1.82, 2.24) is 9.62 Å². The first kappa shape index (κ1) is 20.7. The first-order valence-electron chi connectivity index (χ1n) is 8.38. The summed E-state index contributed by atoms with van der Waals surface area (Å²) < 4.78 is 31.7. The van der Waals surface area contributed by atoms with E-state index >= 15 is 0 Å². The fourth-order valence-electron chi connectivity index (χ4n) is 2.46. The van der Waals surface area contributed by atoms with Gasteiger partial charge in [-0.2, -0.15) is 12.7 Å². The van der Waals surface area contributed by atoms with Gasteiger partial charge in [-0.1, -0.05) is 12.1 Å². The van der Waals surface area contributed by atoms with E-state index in [2.05, 4.69) is 5.32 Å². The summed E-state index contributed by atoms with van der Waals surface area (Å²) in [4.78, 5) is 12.5. The van der Waals surface area contributed by atoms with Crippen LogP contribution in [0.25, 0.3) is 0 Å². The Kier molecular flexibility index (Phi) is 6.45. The summed E-state index contributed by atoms with van der Waals surface area (Å²) in [5.74, 6) is 0.521. The van der Waals surface area contributed by atoms with Gasteiger partial charge in [0.05, 0.1) is 18.8 Å². The largest absolute Gasteiger partial charge is 0.497 e. The van der Waals surface area contributed by atoms with E-state index in [4.69, 9.17) is 4.74 Å². The molecule has 1 amide bonds. The van der Waals surface area contributed by atoms with E-state index in [1.165, 1.54) is 21.1 Å². The van der Waals surface area contributed by atoms with Crippen LogP contribution in [0.3, 0.4) is 0 Å². The molecule has 0 aliphatic carbocycles. The molecule has 27 heavy (non-hydrogen) atoms. The SMILES string of the molecule is COc1ccc([C@H](C)NC(=O)c2ccc(N(C)S(=O)(=O)N(C)C)cc2)cc1. The van der Waals surface area contributed by atoms with Crippen LogP contribution < -0.4 is 14.4 Å². The minimum absolute atomic E-state index is 0.181. The molecule has 1 atom stereocenters. The molecule has 0 saturated carbocycles. The Morgan fingerprint density at radius 2 is 1.56 bits per heavy atom. The number of nitrogens with one attached hydrogen (secondary N) is 1. The quantitative estimate of drug-likeness (QED) is 0.786. The summed E-state index contributed by atoms with van der Waals surface area (Å²) in [5.41, 5.74) is 1.88. The van der Waals surface area contributed by atoms with Crippen molar-refractivity contribution in [1.29, 1.82) is 0 Å². The third-order valence-electron chi connectivity index (χ3n) is 4.26. The van der Waals surface area contributed by atoms with Gasteiger partial charge >= 0.3 is 10.2 Å². The normalized spacial score (nSPS) is 12.5. The van der Waals surface area contributed by atoms with Crippen molar-refractivity contribution in [3.05, 3.63) is 59.7 Å². The number of carbonyl (C=O) groups is 1. The number of carbonyl (C=O) groups excluding carboxylic acids is 1. The highest BCUT2D eigenvalue weighted by atomic mass is 32.2. The molecule has 0 aliphatic heterocycles. The van der Waals surface area contributed by atoms with Crippen molar-refractivity contribution in [2.75, 3.05) is 32.6 Å². The Balaban J connectivity index is 2.08. The Labute approximate surface area is 160 Å². The number of hydrogen-bond donors (Lipinski definition) is 1. The summed E-state index contributed by atoms with van der Waals surface area (Å²) in [6.45, 7) is 1.89. The van der Waals surface area contributed by atoms with E-state index in [1.54, 1.807) is 31.4 Å². The van der Waals surface area contributed by atoms with Gasteiger partial charge < -0.3 is 10.1 Å². The molecule has 1 N–H and O–H groups in total. The van der Waals surface area contributed by atoms with Gasteiger partial charge in [0.15, 0.2) is 0 Å². The second-order valence-electron chi connectivity index (χ2n) is 6.27. The molecule has 0 unspecified atom stereocenters. The summed E-state index contributed by atoms with van der Waals surface area (Å²) in [7, 11) is 2.44. The molecule has 8 heteroatoms. The van der Waals surface area contributed by atoms with Crippen molar-refractivity contribution in [3.63, 3.8) is 0 Å². The van der Waals surface area contributed by atoms with Crippen molar-refractivity contribution >= 4 is 21.8 Å². The van der Waals surface area contributed by atoms with E-state index in [1.807, 2.05) is 31.2 Å². The van der Waals surface area contributed by atoms with Crippen LogP contribution >= 0.6 is 0 Å². The monoisotopic (exact) mass is 391 g/mol. The topological polar surface area (TPSA) is 79.0 Å². The lowest BCUT2D eigenvalue weighted by atomic mass is 10.1. The van der Waals surface area contributed by atoms with Crippen LogP contribution in [0.4, 0.5) is 5.69 Å². The number of hydrogen-bond acceptors (Lipinski definition) is 4. The van der Waals surface area contributed by atoms with Gasteiger partial charge in [0.1, 0.15) is 5.75 Å². The highest BCUT2D eigenvalue weighted by molar-refractivity contribution is 7.90. The smallest absolute Gasteiger partial charge is 0.303 e. The Bertz CT molecular complexity index is 878. The third kappa shape index (κ3) is 4.78. The lowest BCUT2D eigenvalue weighted by Gasteiger charge is -2.23. The third-order valence-corrected chi connectivity index (χ3v) is 6.09. The van der Waals surface area contributed by atoms with Gasteiger partial charge in [0.25, 0.3) is 5.91 Å². The van der Waals surface area contributed by atoms with Crippen LogP contribution in [0.15, 0.2) is 48.5 Å². The highest BCUT2D eigenvalue weighted by Crippen LogP contribution is 2.20.